The van der Waals surface area contributed by atoms with Crippen LogP contribution in [0.15, 0.2) is 23.9 Å². The molecule has 1 aromatic rings. The van der Waals surface area contributed by atoms with Gasteiger partial charge in [0.2, 0.25) is 0 Å². The lowest BCUT2D eigenvalue weighted by Crippen LogP contribution is -2.18. The minimum absolute atomic E-state index is 0.262. The molecule has 0 fully saturated rings. The van der Waals surface area contributed by atoms with Gasteiger partial charge in [0, 0.05) is 18.8 Å². The lowest BCUT2D eigenvalue weighted by Gasteiger charge is -1.99. The molecule has 1 rings (SSSR count). The van der Waals surface area contributed by atoms with E-state index in [4.69, 9.17) is 5.11 Å². The van der Waals surface area contributed by atoms with Crippen LogP contribution < -0.4 is 5.32 Å². The SMILES string of the molecule is CCC(=CCn1ccc(C(=O)NC)n1)C(=O)O. The van der Waals surface area contributed by atoms with E-state index < -0.39 is 5.97 Å². The molecule has 6 nitrogen and oxygen atoms in total. The number of nitrogens with one attached hydrogen (secondary N) is 1. The van der Waals surface area contributed by atoms with Crippen molar-refractivity contribution in [1.29, 1.82) is 0 Å². The Labute approximate surface area is 98.9 Å². The van der Waals surface area contributed by atoms with Gasteiger partial charge in [-0.15, -0.1) is 0 Å². The first-order valence-electron chi connectivity index (χ1n) is 5.26. The van der Waals surface area contributed by atoms with Crippen molar-refractivity contribution in [2.24, 2.45) is 0 Å². The number of aromatic nitrogens is 2. The first-order chi connectivity index (χ1) is 8.08. The van der Waals surface area contributed by atoms with Crippen molar-refractivity contribution >= 4 is 11.9 Å². The molecule has 92 valence electrons. The van der Waals surface area contributed by atoms with E-state index in [0.717, 1.165) is 0 Å². The van der Waals surface area contributed by atoms with E-state index in [0.29, 0.717) is 24.2 Å². The second-order valence-corrected chi connectivity index (χ2v) is 3.39. The number of amides is 1. The third kappa shape index (κ3) is 3.44. The van der Waals surface area contributed by atoms with Crippen LogP contribution in [-0.2, 0) is 11.3 Å². The molecule has 0 unspecified atom stereocenters. The molecule has 1 aromatic heterocycles. The number of hydrogen-bond donors (Lipinski definition) is 2. The molecule has 0 aliphatic heterocycles. The Morgan fingerprint density at radius 1 is 1.59 bits per heavy atom. The number of nitrogens with zero attached hydrogens (tertiary/aromatic N) is 2. The molecule has 0 atom stereocenters. The van der Waals surface area contributed by atoms with Crippen LogP contribution >= 0.6 is 0 Å². The summed E-state index contributed by atoms with van der Waals surface area (Å²) < 4.78 is 1.52. The van der Waals surface area contributed by atoms with Gasteiger partial charge in [-0.25, -0.2) is 4.79 Å². The van der Waals surface area contributed by atoms with E-state index >= 15 is 0 Å². The quantitative estimate of drug-likeness (QED) is 0.737. The average Bonchev–Trinajstić information content (AvgIpc) is 2.77. The smallest absolute Gasteiger partial charge is 0.331 e. The summed E-state index contributed by atoms with van der Waals surface area (Å²) in [4.78, 5) is 22.0. The highest BCUT2D eigenvalue weighted by atomic mass is 16.4. The Bertz CT molecular complexity index is 449. The molecule has 17 heavy (non-hydrogen) atoms. The van der Waals surface area contributed by atoms with Gasteiger partial charge in [-0.1, -0.05) is 13.0 Å². The number of carboxylic acids is 1. The second-order valence-electron chi connectivity index (χ2n) is 3.39. The van der Waals surface area contributed by atoms with E-state index in [9.17, 15) is 9.59 Å². The Hall–Kier alpha value is -2.11. The maximum absolute atomic E-state index is 11.2. The van der Waals surface area contributed by atoms with Crippen molar-refractivity contribution in [3.05, 3.63) is 29.6 Å². The van der Waals surface area contributed by atoms with Crippen molar-refractivity contribution in [2.75, 3.05) is 7.05 Å². The van der Waals surface area contributed by atoms with Gasteiger partial charge in [0.25, 0.3) is 5.91 Å². The van der Waals surface area contributed by atoms with Crippen LogP contribution in [0.25, 0.3) is 0 Å². The summed E-state index contributed by atoms with van der Waals surface area (Å²) in [7, 11) is 1.53. The zero-order valence-electron chi connectivity index (χ0n) is 9.80. The molecule has 0 spiro atoms. The average molecular weight is 237 g/mol. The van der Waals surface area contributed by atoms with Crippen molar-refractivity contribution < 1.29 is 14.7 Å². The molecular weight excluding hydrogens is 222 g/mol. The Kier molecular flexibility index (Phi) is 4.45. The maximum Gasteiger partial charge on any atom is 0.331 e. The van der Waals surface area contributed by atoms with Crippen LogP contribution in [0.3, 0.4) is 0 Å². The number of rotatable bonds is 5. The molecule has 2 N–H and O–H groups in total. The fraction of sp³-hybridized carbons (Fsp3) is 0.364. The second kappa shape index (κ2) is 5.83. The fourth-order valence-electron chi connectivity index (χ4n) is 1.30. The summed E-state index contributed by atoms with van der Waals surface area (Å²) in [6.45, 7) is 2.12. The summed E-state index contributed by atoms with van der Waals surface area (Å²) >= 11 is 0. The van der Waals surface area contributed by atoms with E-state index in [1.807, 2.05) is 0 Å². The van der Waals surface area contributed by atoms with Gasteiger partial charge < -0.3 is 10.4 Å². The predicted octanol–water partition coefficient (Wildman–Crippen LogP) is 0.664. The minimum atomic E-state index is -0.925. The highest BCUT2D eigenvalue weighted by molar-refractivity contribution is 5.91. The molecular formula is C11H15N3O3. The molecule has 6 heteroatoms. The van der Waals surface area contributed by atoms with Gasteiger partial charge in [-0.2, -0.15) is 5.10 Å². The number of carboxylic acid groups (broad SMARTS) is 1. The first-order valence-corrected chi connectivity index (χ1v) is 5.26. The molecule has 0 aliphatic carbocycles. The maximum atomic E-state index is 11.2. The van der Waals surface area contributed by atoms with Gasteiger partial charge in [0.15, 0.2) is 0 Å². The normalized spacial score (nSPS) is 11.3. The van der Waals surface area contributed by atoms with Crippen LogP contribution in [-0.4, -0.2) is 33.8 Å². The van der Waals surface area contributed by atoms with Crippen LogP contribution in [0.5, 0.6) is 0 Å². The lowest BCUT2D eigenvalue weighted by atomic mass is 10.2. The largest absolute Gasteiger partial charge is 0.478 e. The molecule has 0 saturated carbocycles. The molecule has 0 bridgehead atoms. The molecule has 0 saturated heterocycles. The summed E-state index contributed by atoms with van der Waals surface area (Å²) in [5.41, 5.74) is 0.649. The fourth-order valence-corrected chi connectivity index (χ4v) is 1.30. The van der Waals surface area contributed by atoms with Gasteiger partial charge in [0.1, 0.15) is 5.69 Å². The van der Waals surface area contributed by atoms with E-state index in [-0.39, 0.29) is 5.91 Å². The monoisotopic (exact) mass is 237 g/mol. The lowest BCUT2D eigenvalue weighted by molar-refractivity contribution is -0.132. The number of allylic oxidation sites excluding steroid dienone is 1. The Morgan fingerprint density at radius 3 is 2.82 bits per heavy atom. The van der Waals surface area contributed by atoms with Crippen molar-refractivity contribution in [3.63, 3.8) is 0 Å². The van der Waals surface area contributed by atoms with Crippen molar-refractivity contribution in [1.82, 2.24) is 15.1 Å². The van der Waals surface area contributed by atoms with E-state index in [2.05, 4.69) is 10.4 Å². The molecule has 1 amide bonds. The number of aliphatic carboxylic acids is 1. The van der Waals surface area contributed by atoms with Gasteiger partial charge in [-0.05, 0) is 12.5 Å². The zero-order chi connectivity index (χ0) is 12.8. The van der Waals surface area contributed by atoms with Crippen LogP contribution in [0.1, 0.15) is 23.8 Å². The van der Waals surface area contributed by atoms with Crippen molar-refractivity contribution in [3.8, 4) is 0 Å². The third-order valence-corrected chi connectivity index (χ3v) is 2.28. The van der Waals surface area contributed by atoms with E-state index in [1.165, 1.54) is 11.7 Å². The van der Waals surface area contributed by atoms with Crippen LogP contribution in [0, 0.1) is 0 Å². The molecule has 0 aromatic carbocycles. The Morgan fingerprint density at radius 2 is 2.29 bits per heavy atom. The molecule has 1 heterocycles. The number of carbonyl (C=O) groups is 2. The Balaban J connectivity index is 2.73. The topological polar surface area (TPSA) is 84.2 Å². The summed E-state index contributed by atoms with van der Waals surface area (Å²) in [5.74, 6) is -1.19. The van der Waals surface area contributed by atoms with Crippen molar-refractivity contribution in [2.45, 2.75) is 19.9 Å². The molecule has 0 aliphatic rings. The predicted molar refractivity (Wildman–Crippen MR) is 61.6 cm³/mol. The highest BCUT2D eigenvalue weighted by Crippen LogP contribution is 2.02. The number of hydrogen-bond acceptors (Lipinski definition) is 3. The third-order valence-electron chi connectivity index (χ3n) is 2.28. The van der Waals surface area contributed by atoms with Gasteiger partial charge in [-0.3, -0.25) is 9.48 Å². The summed E-state index contributed by atoms with van der Waals surface area (Å²) in [6, 6.07) is 1.58. The van der Waals surface area contributed by atoms with Crippen LogP contribution in [0.2, 0.25) is 0 Å². The van der Waals surface area contributed by atoms with Gasteiger partial charge >= 0.3 is 5.97 Å². The summed E-state index contributed by atoms with van der Waals surface area (Å²) in [6.07, 6.45) is 3.68. The number of carbonyl (C=O) groups excluding carboxylic acids is 1. The first kappa shape index (κ1) is 13.0. The summed E-state index contributed by atoms with van der Waals surface area (Å²) in [5, 5.41) is 15.3. The molecule has 0 radical (unpaired) electrons. The van der Waals surface area contributed by atoms with Gasteiger partial charge in [0.05, 0.1) is 6.54 Å². The van der Waals surface area contributed by atoms with Crippen LogP contribution in [0.4, 0.5) is 0 Å². The zero-order valence-corrected chi connectivity index (χ0v) is 9.80. The van der Waals surface area contributed by atoms with E-state index in [1.54, 1.807) is 25.3 Å². The minimum Gasteiger partial charge on any atom is -0.478 e. The standard InChI is InChI=1S/C11H15N3O3/c1-3-8(11(16)17)4-6-14-7-5-9(13-14)10(15)12-2/h4-5,7H,3,6H2,1-2H3,(H,12,15)(H,16,17). The highest BCUT2D eigenvalue weighted by Gasteiger charge is 2.07.